The van der Waals surface area contributed by atoms with Gasteiger partial charge in [0.2, 0.25) is 5.95 Å². The Morgan fingerprint density at radius 2 is 1.76 bits per heavy atom. The standard InChI is InChI=1S/C28H31F3N6.CH3NO2/c1-18-4-3-15-37(18)27-34-24-13-17-36(26-23(28(29,30)31)5-2-14-32-26)16-12-22(24)25(35-27)33-21-10-8-20(9-11-21)19-6-7-19;2-1(3)4/h2,5,8-11,14,18-19H,3-4,6-7,12-13,15-17H2,1H3,(H,33,34,35);2H2,(H,3,4). The molecule has 1 aromatic carbocycles. The van der Waals surface area contributed by atoms with Crippen molar-refractivity contribution in [3.63, 3.8) is 0 Å². The number of anilines is 4. The molecule has 1 saturated carbocycles. The van der Waals surface area contributed by atoms with Crippen LogP contribution < -0.4 is 20.9 Å². The second kappa shape index (κ2) is 11.8. The second-order valence-corrected chi connectivity index (χ2v) is 10.7. The molecule has 2 aliphatic heterocycles. The predicted octanol–water partition coefficient (Wildman–Crippen LogP) is 5.73. The lowest BCUT2D eigenvalue weighted by Crippen LogP contribution is -2.29. The van der Waals surface area contributed by atoms with Crippen LogP contribution in [0.3, 0.4) is 0 Å². The molecule has 41 heavy (non-hydrogen) atoms. The van der Waals surface area contributed by atoms with Crippen LogP contribution in [0.1, 0.15) is 60.9 Å². The molecule has 4 N–H and O–H groups in total. The van der Waals surface area contributed by atoms with Gasteiger partial charge in [0.05, 0.1) is 11.3 Å². The third-order valence-electron chi connectivity index (χ3n) is 7.75. The van der Waals surface area contributed by atoms with E-state index in [4.69, 9.17) is 19.9 Å². The highest BCUT2D eigenvalue weighted by Gasteiger charge is 2.36. The van der Waals surface area contributed by atoms with Crippen LogP contribution in [0, 0.1) is 0 Å². The summed E-state index contributed by atoms with van der Waals surface area (Å²) < 4.78 is 41.1. The van der Waals surface area contributed by atoms with Gasteiger partial charge in [0, 0.05) is 49.5 Å². The van der Waals surface area contributed by atoms with Crippen molar-refractivity contribution in [3.8, 4) is 0 Å². The molecule has 1 saturated heterocycles. The molecule has 12 heteroatoms. The summed E-state index contributed by atoms with van der Waals surface area (Å²) >= 11 is 0. The number of rotatable bonds is 5. The molecule has 0 spiro atoms. The highest BCUT2D eigenvalue weighted by Crippen LogP contribution is 2.41. The van der Waals surface area contributed by atoms with E-state index < -0.39 is 17.8 Å². The first-order valence-electron chi connectivity index (χ1n) is 13.9. The maximum Gasteiger partial charge on any atom is 0.419 e. The molecule has 0 bridgehead atoms. The Hall–Kier alpha value is -4.09. The number of nitrogens with one attached hydrogen (secondary N) is 1. The Balaban J connectivity index is 0.000000794. The number of aromatic nitrogens is 3. The SMILES string of the molecule is CC1CCCN1c1nc2c(c(Nc3ccc(C4CC4)cc3)n1)CCN(c1ncccc1C(F)(F)F)CC2.NC(=O)O. The minimum atomic E-state index is -4.46. The van der Waals surface area contributed by atoms with Crippen molar-refractivity contribution in [3.05, 3.63) is 65.0 Å². The van der Waals surface area contributed by atoms with E-state index in [-0.39, 0.29) is 5.82 Å². The van der Waals surface area contributed by atoms with Crippen molar-refractivity contribution in [1.29, 1.82) is 0 Å². The van der Waals surface area contributed by atoms with E-state index in [9.17, 15) is 13.2 Å². The number of primary amides is 1. The number of hydrogen-bond acceptors (Lipinski definition) is 7. The van der Waals surface area contributed by atoms with E-state index >= 15 is 0 Å². The summed E-state index contributed by atoms with van der Waals surface area (Å²) in [7, 11) is 0. The first kappa shape index (κ1) is 28.4. The minimum absolute atomic E-state index is 0.0191. The lowest BCUT2D eigenvalue weighted by molar-refractivity contribution is -0.137. The van der Waals surface area contributed by atoms with E-state index in [1.807, 2.05) is 0 Å². The number of nitrogens with zero attached hydrogens (tertiary/aromatic N) is 5. The van der Waals surface area contributed by atoms with Gasteiger partial charge in [-0.2, -0.15) is 18.2 Å². The number of nitrogens with two attached hydrogens (primary N) is 1. The van der Waals surface area contributed by atoms with Crippen LogP contribution in [0.4, 0.5) is 41.2 Å². The third kappa shape index (κ3) is 6.80. The molecule has 1 aliphatic carbocycles. The van der Waals surface area contributed by atoms with Gasteiger partial charge in [0.1, 0.15) is 11.6 Å². The third-order valence-corrected chi connectivity index (χ3v) is 7.75. The Kier molecular flexibility index (Phi) is 8.18. The molecule has 6 rings (SSSR count). The Bertz CT molecular complexity index is 1380. The lowest BCUT2D eigenvalue weighted by atomic mass is 10.1. The van der Waals surface area contributed by atoms with Gasteiger partial charge in [-0.1, -0.05) is 12.1 Å². The first-order valence-corrected chi connectivity index (χ1v) is 13.9. The summed E-state index contributed by atoms with van der Waals surface area (Å²) in [4.78, 5) is 26.8. The van der Waals surface area contributed by atoms with Crippen molar-refractivity contribution in [1.82, 2.24) is 15.0 Å². The van der Waals surface area contributed by atoms with Gasteiger partial charge in [-0.15, -0.1) is 0 Å². The molecule has 2 fully saturated rings. The molecule has 3 aromatic rings. The van der Waals surface area contributed by atoms with Gasteiger partial charge in [0.15, 0.2) is 0 Å². The van der Waals surface area contributed by atoms with Crippen molar-refractivity contribution in [2.75, 3.05) is 34.8 Å². The fourth-order valence-electron chi connectivity index (χ4n) is 5.52. The van der Waals surface area contributed by atoms with Gasteiger partial charge >= 0.3 is 12.3 Å². The van der Waals surface area contributed by atoms with E-state index in [2.05, 4.69) is 52.1 Å². The van der Waals surface area contributed by atoms with Crippen LogP contribution >= 0.6 is 0 Å². The zero-order valence-corrected chi connectivity index (χ0v) is 22.9. The van der Waals surface area contributed by atoms with Gasteiger partial charge in [0.25, 0.3) is 0 Å². The molecule has 218 valence electrons. The minimum Gasteiger partial charge on any atom is -0.465 e. The van der Waals surface area contributed by atoms with Crippen molar-refractivity contribution >= 4 is 29.4 Å². The van der Waals surface area contributed by atoms with Crippen LogP contribution in [0.15, 0.2) is 42.6 Å². The molecular formula is C29H34F3N7O2. The van der Waals surface area contributed by atoms with Gasteiger partial charge in [-0.05, 0) is 74.8 Å². The summed E-state index contributed by atoms with van der Waals surface area (Å²) in [5.74, 6) is 2.11. The van der Waals surface area contributed by atoms with E-state index in [1.54, 1.807) is 4.90 Å². The van der Waals surface area contributed by atoms with Crippen molar-refractivity contribution in [2.45, 2.75) is 63.6 Å². The molecule has 3 aliphatic rings. The molecule has 1 amide bonds. The number of hydrogen-bond donors (Lipinski definition) is 3. The number of fused-ring (bicyclic) bond motifs is 1. The summed E-state index contributed by atoms with van der Waals surface area (Å²) in [6.45, 7) is 3.91. The highest BCUT2D eigenvalue weighted by molar-refractivity contribution is 5.64. The number of carboxylic acid groups (broad SMARTS) is 1. The number of pyridine rings is 1. The molecule has 4 heterocycles. The maximum absolute atomic E-state index is 13.7. The zero-order valence-electron chi connectivity index (χ0n) is 22.9. The quantitative estimate of drug-likeness (QED) is 0.356. The van der Waals surface area contributed by atoms with Gasteiger partial charge in [-0.25, -0.2) is 14.8 Å². The average molecular weight is 570 g/mol. The Morgan fingerprint density at radius 1 is 1.05 bits per heavy atom. The number of halogens is 3. The summed E-state index contributed by atoms with van der Waals surface area (Å²) in [5, 5.41) is 10.7. The fraction of sp³-hybridized carbons (Fsp3) is 0.448. The zero-order chi connectivity index (χ0) is 29.1. The normalized spacial score (nSPS) is 18.7. The van der Waals surface area contributed by atoms with E-state index in [0.29, 0.717) is 43.8 Å². The van der Waals surface area contributed by atoms with Gasteiger partial charge in [-0.3, -0.25) is 0 Å². The first-order chi connectivity index (χ1) is 19.6. The van der Waals surface area contributed by atoms with Crippen molar-refractivity contribution < 1.29 is 23.1 Å². The summed E-state index contributed by atoms with van der Waals surface area (Å²) in [5.41, 5.74) is 7.51. The Morgan fingerprint density at radius 3 is 2.39 bits per heavy atom. The molecule has 1 unspecified atom stereocenters. The monoisotopic (exact) mass is 569 g/mol. The summed E-state index contributed by atoms with van der Waals surface area (Å²) in [6.07, 6.45) is 1.39. The predicted molar refractivity (Wildman–Crippen MR) is 151 cm³/mol. The molecule has 0 radical (unpaired) electrons. The van der Waals surface area contributed by atoms with Crippen LogP contribution in [-0.2, 0) is 19.0 Å². The van der Waals surface area contributed by atoms with Gasteiger partial charge < -0.3 is 26.0 Å². The highest BCUT2D eigenvalue weighted by atomic mass is 19.4. The van der Waals surface area contributed by atoms with Crippen LogP contribution in [0.25, 0.3) is 0 Å². The van der Waals surface area contributed by atoms with Crippen LogP contribution in [0.2, 0.25) is 0 Å². The fourth-order valence-corrected chi connectivity index (χ4v) is 5.52. The molecule has 1 atom stereocenters. The summed E-state index contributed by atoms with van der Waals surface area (Å²) in [6, 6.07) is 11.3. The van der Waals surface area contributed by atoms with Crippen molar-refractivity contribution in [2.24, 2.45) is 5.73 Å². The molecular weight excluding hydrogens is 535 g/mol. The number of amides is 1. The Labute approximate surface area is 236 Å². The second-order valence-electron chi connectivity index (χ2n) is 10.7. The number of alkyl halides is 3. The van der Waals surface area contributed by atoms with Crippen LogP contribution in [0.5, 0.6) is 0 Å². The topological polar surface area (TPSA) is 121 Å². The molecule has 2 aromatic heterocycles. The number of carbonyl (C=O) groups is 1. The van der Waals surface area contributed by atoms with Crippen LogP contribution in [-0.4, -0.2) is 51.8 Å². The largest absolute Gasteiger partial charge is 0.465 e. The average Bonchev–Trinajstić information content (AvgIpc) is 3.72. The maximum atomic E-state index is 13.7. The molecule has 9 nitrogen and oxygen atoms in total. The number of benzene rings is 1. The lowest BCUT2D eigenvalue weighted by Gasteiger charge is -2.24. The smallest absolute Gasteiger partial charge is 0.419 e. The van der Waals surface area contributed by atoms with E-state index in [1.165, 1.54) is 30.7 Å². The van der Waals surface area contributed by atoms with E-state index in [0.717, 1.165) is 48.2 Å².